The number of nitrogens with two attached hydrogens (primary N) is 1. The zero-order chi connectivity index (χ0) is 25.6. The van der Waals surface area contributed by atoms with Crippen LogP contribution in [0.4, 0.5) is 29.3 Å². The number of aromatic amines is 1. The molecular weight excluding hydrogens is 478 g/mol. The van der Waals surface area contributed by atoms with E-state index in [1.807, 2.05) is 11.8 Å². The first-order valence-electron chi connectivity index (χ1n) is 11.2. The molecule has 8 nitrogen and oxygen atoms in total. The van der Waals surface area contributed by atoms with Gasteiger partial charge in [0.2, 0.25) is 5.95 Å². The van der Waals surface area contributed by atoms with E-state index in [0.29, 0.717) is 18.4 Å². The second-order valence-electron chi connectivity index (χ2n) is 8.42. The molecule has 1 amide bonds. The number of H-pyrrole nitrogens is 1. The summed E-state index contributed by atoms with van der Waals surface area (Å²) < 4.78 is 55.0. The lowest BCUT2D eigenvalue weighted by Crippen LogP contribution is -2.25. The number of hydrogen-bond donors (Lipinski definition) is 3. The molecule has 0 radical (unpaired) electrons. The number of aromatic nitrogens is 4. The van der Waals surface area contributed by atoms with E-state index in [2.05, 4.69) is 25.5 Å². The second kappa shape index (κ2) is 8.77. The van der Waals surface area contributed by atoms with Gasteiger partial charge in [0.05, 0.1) is 34.6 Å². The van der Waals surface area contributed by atoms with Crippen LogP contribution in [-0.2, 0) is 19.3 Å². The Morgan fingerprint density at radius 3 is 2.72 bits per heavy atom. The number of para-hydroxylation sites is 1. The van der Waals surface area contributed by atoms with Crippen molar-refractivity contribution < 1.29 is 22.4 Å². The third kappa shape index (κ3) is 3.97. The summed E-state index contributed by atoms with van der Waals surface area (Å²) in [4.78, 5) is 23.3. The molecule has 0 saturated heterocycles. The molecule has 0 bridgehead atoms. The molecule has 3 heterocycles. The molecule has 0 aliphatic carbocycles. The normalized spacial score (nSPS) is 15.4. The van der Waals surface area contributed by atoms with Crippen LogP contribution < -0.4 is 16.0 Å². The van der Waals surface area contributed by atoms with Gasteiger partial charge in [-0.25, -0.2) is 9.37 Å². The van der Waals surface area contributed by atoms with E-state index in [1.165, 1.54) is 6.07 Å². The molecule has 1 aliphatic rings. The van der Waals surface area contributed by atoms with E-state index < -0.39 is 35.6 Å². The number of alkyl halides is 3. The van der Waals surface area contributed by atoms with Gasteiger partial charge in [0.25, 0.3) is 5.91 Å². The highest BCUT2D eigenvalue weighted by Gasteiger charge is 2.35. The Labute approximate surface area is 202 Å². The van der Waals surface area contributed by atoms with Gasteiger partial charge < -0.3 is 16.0 Å². The van der Waals surface area contributed by atoms with Gasteiger partial charge in [0.1, 0.15) is 11.6 Å². The number of nitrogens with zero attached hydrogens (tertiary/aromatic N) is 4. The van der Waals surface area contributed by atoms with E-state index >= 15 is 0 Å². The fourth-order valence-electron chi connectivity index (χ4n) is 4.60. The summed E-state index contributed by atoms with van der Waals surface area (Å²) in [7, 11) is 0. The molecule has 1 atom stereocenters. The molecule has 186 valence electrons. The van der Waals surface area contributed by atoms with Crippen LogP contribution in [-0.4, -0.2) is 26.1 Å². The summed E-state index contributed by atoms with van der Waals surface area (Å²) in [6.45, 7) is 1.94. The molecule has 0 unspecified atom stereocenters. The summed E-state index contributed by atoms with van der Waals surface area (Å²) in [5, 5.41) is 10.3. The SMILES string of the molecule is CC[C@@H]1c2[nH]ncc2CN1c1nc(NCc2c(F)cccc2C(F)(F)F)c2cccc(C(N)=O)c2n1. The first-order valence-corrected chi connectivity index (χ1v) is 11.2. The second-order valence-corrected chi connectivity index (χ2v) is 8.42. The van der Waals surface area contributed by atoms with Crippen molar-refractivity contribution in [3.8, 4) is 0 Å². The summed E-state index contributed by atoms with van der Waals surface area (Å²) in [5.74, 6) is -1.31. The number of hydrogen-bond acceptors (Lipinski definition) is 6. The molecule has 36 heavy (non-hydrogen) atoms. The average molecular weight is 499 g/mol. The smallest absolute Gasteiger partial charge is 0.366 e. The van der Waals surface area contributed by atoms with Crippen molar-refractivity contribution in [1.82, 2.24) is 20.2 Å². The third-order valence-corrected chi connectivity index (χ3v) is 6.28. The summed E-state index contributed by atoms with van der Waals surface area (Å²) in [5.41, 5.74) is 6.20. The van der Waals surface area contributed by atoms with Gasteiger partial charge >= 0.3 is 6.18 Å². The third-order valence-electron chi connectivity index (χ3n) is 6.28. The zero-order valence-corrected chi connectivity index (χ0v) is 19.0. The molecule has 4 N–H and O–H groups in total. The lowest BCUT2D eigenvalue weighted by molar-refractivity contribution is -0.138. The van der Waals surface area contributed by atoms with E-state index in [4.69, 9.17) is 5.73 Å². The minimum absolute atomic E-state index is 0.128. The number of nitrogens with one attached hydrogen (secondary N) is 2. The standard InChI is InChI=1S/C24H21F4N7O/c1-2-18-19-12(9-31-34-19)11-35(18)23-32-20-13(21(29)36)5-3-6-14(20)22(33-23)30-10-15-16(24(26,27)28)7-4-8-17(15)25/h3-9,18H,2,10-11H2,1H3,(H2,29,36)(H,31,34)(H,30,32,33)/t18-/m1/s1. The Bertz CT molecular complexity index is 1470. The summed E-state index contributed by atoms with van der Waals surface area (Å²) >= 11 is 0. The number of carbonyl (C=O) groups excluding carboxylic acids is 1. The van der Waals surface area contributed by atoms with Crippen LogP contribution in [0.25, 0.3) is 10.9 Å². The van der Waals surface area contributed by atoms with Crippen molar-refractivity contribution in [2.75, 3.05) is 10.2 Å². The van der Waals surface area contributed by atoms with E-state index in [9.17, 15) is 22.4 Å². The van der Waals surface area contributed by atoms with Gasteiger partial charge in [-0.05, 0) is 30.7 Å². The first kappa shape index (κ1) is 23.5. The fourth-order valence-corrected chi connectivity index (χ4v) is 4.60. The van der Waals surface area contributed by atoms with Crippen LogP contribution in [0.15, 0.2) is 42.6 Å². The van der Waals surface area contributed by atoms with Crippen molar-refractivity contribution in [1.29, 1.82) is 0 Å². The van der Waals surface area contributed by atoms with Crippen LogP contribution in [0.3, 0.4) is 0 Å². The maximum Gasteiger partial charge on any atom is 0.416 e. The Kier molecular flexibility index (Phi) is 5.73. The molecule has 12 heteroatoms. The number of primary amides is 1. The van der Waals surface area contributed by atoms with Gasteiger partial charge in [-0.1, -0.05) is 19.1 Å². The maximum atomic E-state index is 14.5. The monoisotopic (exact) mass is 499 g/mol. The van der Waals surface area contributed by atoms with Crippen molar-refractivity contribution in [2.45, 2.75) is 38.7 Å². The number of anilines is 2. The van der Waals surface area contributed by atoms with Crippen LogP contribution in [0.1, 0.15) is 52.1 Å². The largest absolute Gasteiger partial charge is 0.416 e. The highest BCUT2D eigenvalue weighted by molar-refractivity contribution is 6.07. The lowest BCUT2D eigenvalue weighted by Gasteiger charge is -2.25. The van der Waals surface area contributed by atoms with E-state index in [0.717, 1.165) is 29.5 Å². The quantitative estimate of drug-likeness (QED) is 0.332. The van der Waals surface area contributed by atoms with Crippen molar-refractivity contribution in [3.05, 3.63) is 76.4 Å². The Morgan fingerprint density at radius 1 is 1.22 bits per heavy atom. The van der Waals surface area contributed by atoms with E-state index in [-0.39, 0.29) is 28.9 Å². The number of benzene rings is 2. The molecule has 1 aliphatic heterocycles. The highest BCUT2D eigenvalue weighted by Crippen LogP contribution is 2.39. The minimum atomic E-state index is -4.73. The summed E-state index contributed by atoms with van der Waals surface area (Å²) in [6, 6.07) is 7.39. The number of amides is 1. The van der Waals surface area contributed by atoms with Crippen LogP contribution in [0.2, 0.25) is 0 Å². The molecule has 0 saturated carbocycles. The Hall–Kier alpha value is -4.22. The molecule has 5 rings (SSSR count). The molecule has 2 aromatic heterocycles. The highest BCUT2D eigenvalue weighted by atomic mass is 19.4. The van der Waals surface area contributed by atoms with E-state index in [1.54, 1.807) is 18.3 Å². The van der Waals surface area contributed by atoms with Gasteiger partial charge in [-0.15, -0.1) is 0 Å². The maximum absolute atomic E-state index is 14.5. The lowest BCUT2D eigenvalue weighted by atomic mass is 10.1. The topological polar surface area (TPSA) is 113 Å². The summed E-state index contributed by atoms with van der Waals surface area (Å²) in [6.07, 6.45) is -2.33. The number of halogens is 4. The number of rotatable bonds is 6. The van der Waals surface area contributed by atoms with Crippen molar-refractivity contribution in [3.63, 3.8) is 0 Å². The molecule has 0 spiro atoms. The molecular formula is C24H21F4N7O. The Morgan fingerprint density at radius 2 is 2.00 bits per heavy atom. The molecule has 2 aromatic carbocycles. The molecule has 4 aromatic rings. The first-order chi connectivity index (χ1) is 17.2. The number of carbonyl (C=O) groups is 1. The van der Waals surface area contributed by atoms with Gasteiger partial charge in [-0.3, -0.25) is 9.89 Å². The van der Waals surface area contributed by atoms with Crippen LogP contribution >= 0.6 is 0 Å². The Balaban J connectivity index is 1.61. The fraction of sp³-hybridized carbons (Fsp3) is 0.250. The minimum Gasteiger partial charge on any atom is -0.366 e. The predicted octanol–water partition coefficient (Wildman–Crippen LogP) is 4.69. The van der Waals surface area contributed by atoms with Crippen LogP contribution in [0.5, 0.6) is 0 Å². The number of fused-ring (bicyclic) bond motifs is 2. The predicted molar refractivity (Wildman–Crippen MR) is 125 cm³/mol. The van der Waals surface area contributed by atoms with Gasteiger partial charge in [-0.2, -0.15) is 23.3 Å². The van der Waals surface area contributed by atoms with Crippen molar-refractivity contribution >= 4 is 28.6 Å². The van der Waals surface area contributed by atoms with Crippen LogP contribution in [0, 0.1) is 5.82 Å². The van der Waals surface area contributed by atoms with Crippen molar-refractivity contribution in [2.24, 2.45) is 5.73 Å². The average Bonchev–Trinajstić information content (AvgIpc) is 3.43. The molecule has 0 fully saturated rings. The van der Waals surface area contributed by atoms with Gasteiger partial charge in [0.15, 0.2) is 0 Å². The zero-order valence-electron chi connectivity index (χ0n) is 19.0. The van der Waals surface area contributed by atoms with Gasteiger partial charge in [0, 0.05) is 29.6 Å².